The Bertz CT molecular complexity index is 476. The van der Waals surface area contributed by atoms with Crippen LogP contribution in [0.3, 0.4) is 0 Å². The molecule has 0 aliphatic carbocycles. The van der Waals surface area contributed by atoms with Crippen LogP contribution >= 0.6 is 11.8 Å². The van der Waals surface area contributed by atoms with Gasteiger partial charge in [0.1, 0.15) is 11.8 Å². The van der Waals surface area contributed by atoms with Crippen molar-refractivity contribution in [3.05, 3.63) is 24.3 Å². The average molecular weight is 325 g/mol. The predicted molar refractivity (Wildman–Crippen MR) is 87.4 cm³/mol. The zero-order valence-corrected chi connectivity index (χ0v) is 13.8. The summed E-state index contributed by atoms with van der Waals surface area (Å²) in [7, 11) is 0. The van der Waals surface area contributed by atoms with Crippen LogP contribution < -0.4 is 10.1 Å². The third-order valence-electron chi connectivity index (χ3n) is 2.98. The van der Waals surface area contributed by atoms with E-state index in [9.17, 15) is 9.59 Å². The fourth-order valence-electron chi connectivity index (χ4n) is 1.85. The minimum Gasteiger partial charge on any atom is -0.494 e. The number of carboxylic acids is 1. The van der Waals surface area contributed by atoms with Gasteiger partial charge in [0.2, 0.25) is 5.91 Å². The van der Waals surface area contributed by atoms with Crippen molar-refractivity contribution in [2.24, 2.45) is 0 Å². The van der Waals surface area contributed by atoms with Crippen LogP contribution in [0.25, 0.3) is 0 Å². The van der Waals surface area contributed by atoms with Crippen molar-refractivity contribution in [3.63, 3.8) is 0 Å². The highest BCUT2D eigenvalue weighted by atomic mass is 32.2. The first kappa shape index (κ1) is 18.4. The van der Waals surface area contributed by atoms with E-state index in [-0.39, 0.29) is 11.7 Å². The Morgan fingerprint density at radius 2 is 1.95 bits per heavy atom. The molecule has 1 amide bonds. The van der Waals surface area contributed by atoms with Gasteiger partial charge in [0.25, 0.3) is 0 Å². The highest BCUT2D eigenvalue weighted by Gasteiger charge is 2.18. The lowest BCUT2D eigenvalue weighted by atomic mass is 10.1. The summed E-state index contributed by atoms with van der Waals surface area (Å²) in [6, 6.07) is 6.67. The Morgan fingerprint density at radius 3 is 2.50 bits per heavy atom. The Kier molecular flexibility index (Phi) is 8.43. The van der Waals surface area contributed by atoms with Crippen LogP contribution in [0.15, 0.2) is 29.2 Å². The number of nitrogens with one attached hydrogen (secondary N) is 1. The summed E-state index contributed by atoms with van der Waals surface area (Å²) in [5.41, 5.74) is 0. The van der Waals surface area contributed by atoms with E-state index in [1.54, 1.807) is 0 Å². The predicted octanol–water partition coefficient (Wildman–Crippen LogP) is 2.94. The van der Waals surface area contributed by atoms with E-state index in [0.29, 0.717) is 13.0 Å². The number of aliphatic carboxylic acids is 1. The van der Waals surface area contributed by atoms with Gasteiger partial charge in [-0.2, -0.15) is 0 Å². The van der Waals surface area contributed by atoms with Crippen LogP contribution in [0.4, 0.5) is 0 Å². The molecule has 6 heteroatoms. The molecule has 0 aromatic heterocycles. The maximum absolute atomic E-state index is 11.8. The molecule has 1 aromatic carbocycles. The molecule has 0 aliphatic heterocycles. The van der Waals surface area contributed by atoms with Gasteiger partial charge in [-0.25, -0.2) is 4.79 Å². The van der Waals surface area contributed by atoms with Crippen molar-refractivity contribution in [2.75, 3.05) is 12.4 Å². The number of hydrogen-bond donors (Lipinski definition) is 2. The van der Waals surface area contributed by atoms with Gasteiger partial charge in [-0.05, 0) is 37.6 Å². The topological polar surface area (TPSA) is 75.6 Å². The van der Waals surface area contributed by atoms with Gasteiger partial charge >= 0.3 is 5.97 Å². The molecule has 122 valence electrons. The third kappa shape index (κ3) is 6.85. The number of thioether (sulfide) groups is 1. The van der Waals surface area contributed by atoms with Gasteiger partial charge in [-0.3, -0.25) is 4.79 Å². The van der Waals surface area contributed by atoms with Crippen LogP contribution in [0.5, 0.6) is 5.75 Å². The van der Waals surface area contributed by atoms with E-state index in [4.69, 9.17) is 9.84 Å². The number of carbonyl (C=O) groups excluding carboxylic acids is 1. The van der Waals surface area contributed by atoms with Crippen molar-refractivity contribution in [2.45, 2.75) is 44.0 Å². The molecule has 0 saturated heterocycles. The summed E-state index contributed by atoms with van der Waals surface area (Å²) >= 11 is 1.37. The zero-order chi connectivity index (χ0) is 16.4. The molecule has 1 atom stereocenters. The molecule has 0 spiro atoms. The highest BCUT2D eigenvalue weighted by molar-refractivity contribution is 8.00. The van der Waals surface area contributed by atoms with Crippen molar-refractivity contribution in [1.29, 1.82) is 0 Å². The van der Waals surface area contributed by atoms with Gasteiger partial charge in [-0.1, -0.05) is 19.8 Å². The molecule has 2 N–H and O–H groups in total. The fourth-order valence-corrected chi connectivity index (χ4v) is 2.56. The second-order valence-electron chi connectivity index (χ2n) is 4.79. The number of carbonyl (C=O) groups is 2. The summed E-state index contributed by atoms with van der Waals surface area (Å²) in [5.74, 6) is -0.249. The first-order valence-electron chi connectivity index (χ1n) is 7.44. The molecule has 1 aromatic rings. The SMILES string of the molecule is CCCC[C@H](NC(=O)CSc1ccc(OCC)cc1)C(=O)O. The van der Waals surface area contributed by atoms with Crippen LogP contribution in [0.2, 0.25) is 0 Å². The molecular formula is C16H23NO4S. The van der Waals surface area contributed by atoms with Gasteiger partial charge in [0.05, 0.1) is 12.4 Å². The number of unbranched alkanes of at least 4 members (excludes halogenated alkanes) is 1. The van der Waals surface area contributed by atoms with E-state index in [1.807, 2.05) is 38.1 Å². The Labute approximate surface area is 135 Å². The molecular weight excluding hydrogens is 302 g/mol. The highest BCUT2D eigenvalue weighted by Crippen LogP contribution is 2.21. The lowest BCUT2D eigenvalue weighted by molar-refractivity contribution is -0.141. The van der Waals surface area contributed by atoms with Gasteiger partial charge < -0.3 is 15.2 Å². The monoisotopic (exact) mass is 325 g/mol. The molecule has 0 radical (unpaired) electrons. The van der Waals surface area contributed by atoms with Crippen LogP contribution in [0.1, 0.15) is 33.1 Å². The normalized spacial score (nSPS) is 11.7. The molecule has 0 unspecified atom stereocenters. The summed E-state index contributed by atoms with van der Waals surface area (Å²) < 4.78 is 5.35. The fraction of sp³-hybridized carbons (Fsp3) is 0.500. The number of carboxylic acid groups (broad SMARTS) is 1. The van der Waals surface area contributed by atoms with Crippen molar-refractivity contribution >= 4 is 23.6 Å². The van der Waals surface area contributed by atoms with E-state index in [0.717, 1.165) is 23.5 Å². The zero-order valence-electron chi connectivity index (χ0n) is 13.0. The Hall–Kier alpha value is -1.69. The molecule has 1 rings (SSSR count). The quantitative estimate of drug-likeness (QED) is 0.647. The van der Waals surface area contributed by atoms with E-state index in [2.05, 4.69) is 5.32 Å². The summed E-state index contributed by atoms with van der Waals surface area (Å²) in [6.07, 6.45) is 2.15. The minimum absolute atomic E-state index is 0.198. The maximum atomic E-state index is 11.8. The molecule has 0 bridgehead atoms. The number of ether oxygens (including phenoxy) is 1. The lowest BCUT2D eigenvalue weighted by Gasteiger charge is -2.13. The van der Waals surface area contributed by atoms with Gasteiger partial charge in [0, 0.05) is 4.90 Å². The molecule has 0 fully saturated rings. The maximum Gasteiger partial charge on any atom is 0.326 e. The second kappa shape index (κ2) is 10.1. The van der Waals surface area contributed by atoms with Crippen LogP contribution in [-0.2, 0) is 9.59 Å². The molecule has 5 nitrogen and oxygen atoms in total. The third-order valence-corrected chi connectivity index (χ3v) is 4.00. The van der Waals surface area contributed by atoms with Crippen molar-refractivity contribution in [3.8, 4) is 5.75 Å². The summed E-state index contributed by atoms with van der Waals surface area (Å²) in [5, 5.41) is 11.6. The number of amides is 1. The molecule has 0 heterocycles. The molecule has 0 saturated carbocycles. The number of rotatable bonds is 10. The number of hydrogen-bond acceptors (Lipinski definition) is 4. The van der Waals surface area contributed by atoms with Crippen LogP contribution in [0, 0.1) is 0 Å². The molecule has 0 aliphatic rings. The average Bonchev–Trinajstić information content (AvgIpc) is 2.50. The smallest absolute Gasteiger partial charge is 0.326 e. The van der Waals surface area contributed by atoms with E-state index < -0.39 is 12.0 Å². The second-order valence-corrected chi connectivity index (χ2v) is 5.84. The van der Waals surface area contributed by atoms with Crippen LogP contribution in [-0.4, -0.2) is 35.4 Å². The first-order valence-corrected chi connectivity index (χ1v) is 8.43. The van der Waals surface area contributed by atoms with Crippen molar-refractivity contribution < 1.29 is 19.4 Å². The lowest BCUT2D eigenvalue weighted by Crippen LogP contribution is -2.41. The first-order chi connectivity index (χ1) is 10.6. The van der Waals surface area contributed by atoms with Gasteiger partial charge in [0.15, 0.2) is 0 Å². The summed E-state index contributed by atoms with van der Waals surface area (Å²) in [6.45, 7) is 4.52. The summed E-state index contributed by atoms with van der Waals surface area (Å²) in [4.78, 5) is 23.9. The van der Waals surface area contributed by atoms with E-state index >= 15 is 0 Å². The van der Waals surface area contributed by atoms with Gasteiger partial charge in [-0.15, -0.1) is 11.8 Å². The van der Waals surface area contributed by atoms with E-state index in [1.165, 1.54) is 11.8 Å². The standard InChI is InChI=1S/C16H23NO4S/c1-3-5-6-14(16(19)20)17-15(18)11-22-13-9-7-12(8-10-13)21-4-2/h7-10,14H,3-6,11H2,1-2H3,(H,17,18)(H,19,20)/t14-/m0/s1. The Morgan fingerprint density at radius 1 is 1.27 bits per heavy atom. The minimum atomic E-state index is -0.979. The van der Waals surface area contributed by atoms with Crippen molar-refractivity contribution in [1.82, 2.24) is 5.32 Å². The Balaban J connectivity index is 2.42. The number of benzene rings is 1. The largest absolute Gasteiger partial charge is 0.494 e. The molecule has 22 heavy (non-hydrogen) atoms.